The second-order valence-corrected chi connectivity index (χ2v) is 17.1. The summed E-state index contributed by atoms with van der Waals surface area (Å²) in [6, 6.07) is 26.7. The molecule has 4 heterocycles. The van der Waals surface area contributed by atoms with Gasteiger partial charge in [-0.15, -0.1) is 0 Å². The Hall–Kier alpha value is -5.90. The maximum atomic E-state index is 14.6. The summed E-state index contributed by atoms with van der Waals surface area (Å²) < 4.78 is 2.42. The highest BCUT2D eigenvalue weighted by Crippen LogP contribution is 2.47. The molecule has 0 radical (unpaired) electrons. The van der Waals surface area contributed by atoms with Gasteiger partial charge >= 0.3 is 5.97 Å². The zero-order valence-electron chi connectivity index (χ0n) is 33.7. The highest BCUT2D eigenvalue weighted by molar-refractivity contribution is 6.01. The van der Waals surface area contributed by atoms with Crippen molar-refractivity contribution in [2.75, 3.05) is 42.9 Å². The van der Waals surface area contributed by atoms with Crippen molar-refractivity contribution >= 4 is 46.1 Å². The van der Waals surface area contributed by atoms with E-state index in [0.29, 0.717) is 44.1 Å². The number of amides is 2. The molecule has 5 aromatic rings. The normalized spacial score (nSPS) is 19.3. The van der Waals surface area contributed by atoms with E-state index in [0.717, 1.165) is 80.1 Å². The third-order valence-electron chi connectivity index (χ3n) is 13.4. The summed E-state index contributed by atoms with van der Waals surface area (Å²) in [4.78, 5) is 48.6. The van der Waals surface area contributed by atoms with Crippen molar-refractivity contribution in [2.24, 2.45) is 5.92 Å². The van der Waals surface area contributed by atoms with Crippen LogP contribution in [0.1, 0.15) is 90.8 Å². The number of aromatic nitrogens is 2. The van der Waals surface area contributed by atoms with Crippen LogP contribution in [-0.4, -0.2) is 75.6 Å². The number of carbonyl (C=O) groups excluding carboxylic acids is 2. The summed E-state index contributed by atoms with van der Waals surface area (Å²) in [7, 11) is 0. The van der Waals surface area contributed by atoms with Gasteiger partial charge in [0.15, 0.2) is 0 Å². The Kier molecular flexibility index (Phi) is 11.0. The molecule has 2 amide bonds. The van der Waals surface area contributed by atoms with Gasteiger partial charge in [0.25, 0.3) is 5.91 Å². The number of fused-ring (bicyclic) bond motifs is 5. The first-order chi connectivity index (χ1) is 28.8. The number of aliphatic carboxylic acids is 1. The average molecular weight is 791 g/mol. The molecule has 1 unspecified atom stereocenters. The van der Waals surface area contributed by atoms with E-state index in [1.165, 1.54) is 47.0 Å². The van der Waals surface area contributed by atoms with Crippen LogP contribution in [0.25, 0.3) is 28.2 Å². The molecule has 2 aromatic heterocycles. The van der Waals surface area contributed by atoms with Crippen LogP contribution in [-0.2, 0) is 22.6 Å². The standard InChI is InChI=1S/C49H54N6O4/c56-44(57)19-14-34-12-16-39(17-13-34)51-33-49(22-6-7-23-49)52-47(58)37-15-18-42-43(31-37)55-32-38(48(59)54-28-26-53(27-29-54)40-20-24-50-25-21-40)30-36-10-4-5-11-41(36)46(55)45(42)35-8-2-1-3-9-35/h4-5,10-21,24-25,31,35,38,51H,1-3,6-9,22-23,26-30,32-33H2,(H,52,58)(H,56,57)/b19-14+. The van der Waals surface area contributed by atoms with Crippen LogP contribution < -0.4 is 15.5 Å². The van der Waals surface area contributed by atoms with Gasteiger partial charge in [-0.1, -0.05) is 74.6 Å². The molecule has 0 bridgehead atoms. The van der Waals surface area contributed by atoms with E-state index >= 15 is 0 Å². The number of rotatable bonds is 10. The number of hydrogen-bond donors (Lipinski definition) is 3. The average Bonchev–Trinajstić information content (AvgIpc) is 3.82. The van der Waals surface area contributed by atoms with Gasteiger partial charge in [-0.2, -0.15) is 0 Å². The zero-order chi connectivity index (χ0) is 40.3. The summed E-state index contributed by atoms with van der Waals surface area (Å²) in [5, 5.41) is 17.2. The molecular formula is C49H54N6O4. The van der Waals surface area contributed by atoms with Crippen LogP contribution in [0.5, 0.6) is 0 Å². The van der Waals surface area contributed by atoms with Gasteiger partial charge in [0.1, 0.15) is 0 Å². The molecule has 2 aliphatic heterocycles. The Labute approximate surface area is 346 Å². The lowest BCUT2D eigenvalue weighted by Gasteiger charge is -2.37. The van der Waals surface area contributed by atoms with Crippen molar-refractivity contribution in [1.82, 2.24) is 19.8 Å². The lowest BCUT2D eigenvalue weighted by molar-refractivity contribution is -0.136. The topological polar surface area (TPSA) is 120 Å². The molecule has 9 rings (SSSR count). The van der Waals surface area contributed by atoms with Gasteiger partial charge in [0.2, 0.25) is 5.91 Å². The summed E-state index contributed by atoms with van der Waals surface area (Å²) in [5.41, 5.74) is 9.23. The van der Waals surface area contributed by atoms with Gasteiger partial charge in [0, 0.05) is 91.1 Å². The minimum atomic E-state index is -0.977. The fourth-order valence-corrected chi connectivity index (χ4v) is 10.3. The summed E-state index contributed by atoms with van der Waals surface area (Å²) in [6.45, 7) is 4.10. The molecule has 3 N–H and O–H groups in total. The lowest BCUT2D eigenvalue weighted by Crippen LogP contribution is -2.51. The Balaban J connectivity index is 1.02. The third kappa shape index (κ3) is 8.10. The molecule has 10 heteroatoms. The monoisotopic (exact) mass is 790 g/mol. The van der Waals surface area contributed by atoms with Gasteiger partial charge in [-0.05, 0) is 97.2 Å². The van der Waals surface area contributed by atoms with E-state index < -0.39 is 11.5 Å². The zero-order valence-corrected chi connectivity index (χ0v) is 33.7. The number of piperazine rings is 1. The van der Waals surface area contributed by atoms with E-state index in [4.69, 9.17) is 5.11 Å². The molecule has 10 nitrogen and oxygen atoms in total. The number of carboxylic acids is 1. The minimum absolute atomic E-state index is 0.0757. The maximum Gasteiger partial charge on any atom is 0.328 e. The Morgan fingerprint density at radius 3 is 2.34 bits per heavy atom. The summed E-state index contributed by atoms with van der Waals surface area (Å²) >= 11 is 0. The Bertz CT molecular complexity index is 2350. The highest BCUT2D eigenvalue weighted by Gasteiger charge is 2.37. The second-order valence-electron chi connectivity index (χ2n) is 17.1. The van der Waals surface area contributed by atoms with Crippen molar-refractivity contribution in [1.29, 1.82) is 0 Å². The van der Waals surface area contributed by atoms with Crippen molar-refractivity contribution in [3.63, 3.8) is 0 Å². The lowest BCUT2D eigenvalue weighted by atomic mass is 9.81. The van der Waals surface area contributed by atoms with Gasteiger partial charge in [-0.25, -0.2) is 4.79 Å². The predicted molar refractivity (Wildman–Crippen MR) is 234 cm³/mol. The quantitative estimate of drug-likeness (QED) is 0.121. The van der Waals surface area contributed by atoms with Crippen LogP contribution in [0, 0.1) is 5.92 Å². The van der Waals surface area contributed by atoms with Crippen LogP contribution in [0.2, 0.25) is 0 Å². The summed E-state index contributed by atoms with van der Waals surface area (Å²) in [5.74, 6) is -0.645. The molecule has 0 spiro atoms. The molecule has 2 aliphatic carbocycles. The van der Waals surface area contributed by atoms with Crippen LogP contribution in [0.15, 0.2) is 97.3 Å². The second kappa shape index (κ2) is 16.8. The molecule has 3 aromatic carbocycles. The van der Waals surface area contributed by atoms with Crippen molar-refractivity contribution in [3.05, 3.63) is 120 Å². The molecule has 304 valence electrons. The van der Waals surface area contributed by atoms with Gasteiger partial charge in [-0.3, -0.25) is 14.6 Å². The van der Waals surface area contributed by atoms with Crippen molar-refractivity contribution < 1.29 is 19.5 Å². The third-order valence-corrected chi connectivity index (χ3v) is 13.4. The molecular weight excluding hydrogens is 737 g/mol. The van der Waals surface area contributed by atoms with Crippen LogP contribution in [0.4, 0.5) is 11.4 Å². The smallest absolute Gasteiger partial charge is 0.328 e. The number of nitrogens with zero attached hydrogens (tertiary/aromatic N) is 4. The predicted octanol–water partition coefficient (Wildman–Crippen LogP) is 8.52. The number of pyridine rings is 1. The Morgan fingerprint density at radius 1 is 0.847 bits per heavy atom. The van der Waals surface area contributed by atoms with E-state index in [9.17, 15) is 14.4 Å². The molecule has 3 fully saturated rings. The number of carboxylic acid groups (broad SMARTS) is 1. The SMILES string of the molecule is O=C(O)/C=C/c1ccc(NCC2(NC(=O)c3ccc4c(C5CCCCC5)c5n(c4c3)CC(C(=O)N3CCN(c4ccncc4)CC3)Cc3ccccc3-5)CCCC2)cc1. The first kappa shape index (κ1) is 38.6. The van der Waals surface area contributed by atoms with E-state index in [-0.39, 0.29) is 17.7 Å². The number of benzene rings is 3. The first-order valence-electron chi connectivity index (χ1n) is 21.6. The minimum Gasteiger partial charge on any atom is -0.478 e. The highest BCUT2D eigenvalue weighted by atomic mass is 16.4. The number of nitrogens with one attached hydrogen (secondary N) is 2. The largest absolute Gasteiger partial charge is 0.478 e. The van der Waals surface area contributed by atoms with Crippen molar-refractivity contribution in [2.45, 2.75) is 82.2 Å². The van der Waals surface area contributed by atoms with Gasteiger partial charge in [0.05, 0.1) is 17.2 Å². The number of carbonyl (C=O) groups is 3. The first-order valence-corrected chi connectivity index (χ1v) is 21.6. The molecule has 59 heavy (non-hydrogen) atoms. The fraction of sp³-hybridized carbons (Fsp3) is 0.388. The van der Waals surface area contributed by atoms with Crippen molar-refractivity contribution in [3.8, 4) is 11.3 Å². The molecule has 1 saturated heterocycles. The molecule has 1 atom stereocenters. The number of hydrogen-bond acceptors (Lipinski definition) is 6. The number of anilines is 2. The van der Waals surface area contributed by atoms with Crippen LogP contribution in [0.3, 0.4) is 0 Å². The molecule has 4 aliphatic rings. The summed E-state index contributed by atoms with van der Waals surface area (Å²) in [6.07, 6.45) is 16.9. The van der Waals surface area contributed by atoms with Crippen LogP contribution >= 0.6 is 0 Å². The van der Waals surface area contributed by atoms with Gasteiger partial charge < -0.3 is 30.1 Å². The fourth-order valence-electron chi connectivity index (χ4n) is 10.3. The van der Waals surface area contributed by atoms with E-state index in [2.05, 4.69) is 66.4 Å². The van der Waals surface area contributed by atoms with E-state index in [1.807, 2.05) is 54.9 Å². The van der Waals surface area contributed by atoms with E-state index in [1.54, 1.807) is 6.08 Å². The molecule has 2 saturated carbocycles. The Morgan fingerprint density at radius 2 is 1.59 bits per heavy atom. The maximum absolute atomic E-state index is 14.6.